The summed E-state index contributed by atoms with van der Waals surface area (Å²) < 4.78 is 59.0. The topological polar surface area (TPSA) is 93.4 Å². The van der Waals surface area contributed by atoms with Crippen molar-refractivity contribution in [3.05, 3.63) is 31.4 Å². The highest BCUT2D eigenvalue weighted by molar-refractivity contribution is 5.56. The Balaban J connectivity index is 1.78. The van der Waals surface area contributed by atoms with E-state index in [1.165, 1.54) is 4.57 Å². The van der Waals surface area contributed by atoms with Crippen molar-refractivity contribution in [2.24, 2.45) is 11.7 Å². The third kappa shape index (κ3) is 3.66. The van der Waals surface area contributed by atoms with E-state index in [9.17, 15) is 22.8 Å². The fraction of sp³-hybridized carbons (Fsp3) is 0.667. The predicted molar refractivity (Wildman–Crippen MR) is 96.1 cm³/mol. The van der Waals surface area contributed by atoms with Crippen LogP contribution in [-0.2, 0) is 4.74 Å². The van der Waals surface area contributed by atoms with Gasteiger partial charge in [-0.25, -0.2) is 9.18 Å². The molecule has 0 radical (unpaired) electrons. The molecule has 2 fully saturated rings. The van der Waals surface area contributed by atoms with E-state index in [0.29, 0.717) is 10.9 Å². The summed E-state index contributed by atoms with van der Waals surface area (Å²) in [5, 5.41) is 0.458. The number of nitrogens with two attached hydrogens (primary N) is 1. The standard InChI is InChI=1S/C18H22F4N4O3/c1-8-14-11(16(27)24-17(28)26(14)10-2-3-10)4-12(19)15(8)25-6-9(5-23)13(7-25)29-18(20,21)22/h4,9-10,12-13,15H,2-3,5-7,23H2,1H3,(H,24,27,28). The highest BCUT2D eigenvalue weighted by Gasteiger charge is 2.45. The van der Waals surface area contributed by atoms with Gasteiger partial charge in [-0.15, -0.1) is 13.2 Å². The second kappa shape index (κ2) is 7.06. The van der Waals surface area contributed by atoms with Gasteiger partial charge < -0.3 is 5.73 Å². The highest BCUT2D eigenvalue weighted by atomic mass is 19.4. The molecule has 7 nitrogen and oxygen atoms in total. The number of aromatic nitrogens is 2. The first-order valence-corrected chi connectivity index (χ1v) is 9.51. The van der Waals surface area contributed by atoms with Crippen LogP contribution in [0.2, 0.25) is 0 Å². The third-order valence-electron chi connectivity index (χ3n) is 5.93. The minimum atomic E-state index is -4.81. The van der Waals surface area contributed by atoms with Crippen LogP contribution in [0.1, 0.15) is 25.8 Å². The molecule has 1 saturated heterocycles. The number of halogens is 4. The second-order valence-electron chi connectivity index (χ2n) is 7.91. The van der Waals surface area contributed by atoms with Crippen molar-refractivity contribution in [2.75, 3.05) is 19.6 Å². The van der Waals surface area contributed by atoms with Crippen molar-refractivity contribution in [1.29, 1.82) is 0 Å². The highest BCUT2D eigenvalue weighted by Crippen LogP contribution is 2.34. The molecule has 11 heteroatoms. The molecular weight excluding hydrogens is 396 g/mol. The van der Waals surface area contributed by atoms with Crippen LogP contribution in [-0.4, -0.2) is 58.8 Å². The first kappa shape index (κ1) is 20.3. The molecule has 1 aliphatic heterocycles. The lowest BCUT2D eigenvalue weighted by atomic mass is 9.95. The van der Waals surface area contributed by atoms with Crippen LogP contribution in [0.25, 0.3) is 11.6 Å². The molecule has 4 unspecified atom stereocenters. The van der Waals surface area contributed by atoms with Crippen LogP contribution in [0.15, 0.2) is 9.59 Å². The Morgan fingerprint density at radius 1 is 1.28 bits per heavy atom. The Morgan fingerprint density at radius 3 is 2.55 bits per heavy atom. The van der Waals surface area contributed by atoms with Gasteiger partial charge in [0, 0.05) is 25.0 Å². The number of ether oxygens (including phenoxy) is 1. The van der Waals surface area contributed by atoms with E-state index in [4.69, 9.17) is 5.73 Å². The molecule has 3 aliphatic rings. The molecule has 4 atom stereocenters. The smallest absolute Gasteiger partial charge is 0.330 e. The second-order valence-corrected chi connectivity index (χ2v) is 7.91. The molecule has 160 valence electrons. The monoisotopic (exact) mass is 418 g/mol. The number of nitrogens with zero attached hydrogens (tertiary/aromatic N) is 2. The summed E-state index contributed by atoms with van der Waals surface area (Å²) in [6.45, 7) is 1.56. The maximum Gasteiger partial charge on any atom is 0.522 e. The molecule has 0 amide bonds. The summed E-state index contributed by atoms with van der Waals surface area (Å²) in [6.07, 6.45) is -4.93. The van der Waals surface area contributed by atoms with E-state index in [0.717, 1.165) is 18.9 Å². The largest absolute Gasteiger partial charge is 0.522 e. The minimum absolute atomic E-state index is 0.0350. The lowest BCUT2D eigenvalue weighted by molar-refractivity contribution is -0.344. The van der Waals surface area contributed by atoms with Crippen LogP contribution in [0.3, 0.4) is 0 Å². The Kier molecular flexibility index (Phi) is 4.94. The number of likely N-dealkylation sites (tertiary alicyclic amines) is 1. The van der Waals surface area contributed by atoms with Crippen molar-refractivity contribution < 1.29 is 22.3 Å². The van der Waals surface area contributed by atoms with E-state index in [1.54, 1.807) is 11.8 Å². The number of nitrogens with one attached hydrogen (secondary N) is 1. The Morgan fingerprint density at radius 2 is 1.97 bits per heavy atom. The molecule has 1 saturated carbocycles. The first-order valence-electron chi connectivity index (χ1n) is 9.51. The SMILES string of the molecule is CC1=c2c(c(=O)[nH]c(=O)n2C2CC2)=CC(F)C1N1CC(CN)C(OC(F)(F)F)C1. The lowest BCUT2D eigenvalue weighted by Crippen LogP contribution is -2.60. The summed E-state index contributed by atoms with van der Waals surface area (Å²) in [4.78, 5) is 28.4. The minimum Gasteiger partial charge on any atom is -0.330 e. The molecule has 1 aromatic heterocycles. The fourth-order valence-corrected chi connectivity index (χ4v) is 4.54. The maximum atomic E-state index is 15.1. The quantitative estimate of drug-likeness (QED) is 0.634. The van der Waals surface area contributed by atoms with Gasteiger partial charge in [0.1, 0.15) is 6.17 Å². The molecular formula is C18H22F4N4O3. The van der Waals surface area contributed by atoms with Gasteiger partial charge in [-0.05, 0) is 38.0 Å². The molecule has 1 aromatic rings. The zero-order chi connectivity index (χ0) is 21.1. The Bertz CT molecular complexity index is 1040. The lowest BCUT2D eigenvalue weighted by Gasteiger charge is -2.32. The maximum absolute atomic E-state index is 15.1. The van der Waals surface area contributed by atoms with Gasteiger partial charge in [0.05, 0.1) is 22.7 Å². The van der Waals surface area contributed by atoms with Crippen LogP contribution in [0.5, 0.6) is 0 Å². The zero-order valence-corrected chi connectivity index (χ0v) is 15.7. The number of hydrogen-bond acceptors (Lipinski definition) is 5. The number of rotatable bonds is 4. The van der Waals surface area contributed by atoms with Crippen molar-refractivity contribution in [1.82, 2.24) is 14.5 Å². The third-order valence-corrected chi connectivity index (χ3v) is 5.93. The summed E-state index contributed by atoms with van der Waals surface area (Å²) in [7, 11) is 0. The Labute approximate surface area is 162 Å². The van der Waals surface area contributed by atoms with E-state index in [-0.39, 0.29) is 30.9 Å². The van der Waals surface area contributed by atoms with Crippen LogP contribution < -0.4 is 27.6 Å². The van der Waals surface area contributed by atoms with Gasteiger partial charge in [-0.2, -0.15) is 0 Å². The van der Waals surface area contributed by atoms with Gasteiger partial charge in [0.25, 0.3) is 5.56 Å². The molecule has 3 N–H and O–H groups in total. The van der Waals surface area contributed by atoms with Gasteiger partial charge in [-0.1, -0.05) is 0 Å². The summed E-state index contributed by atoms with van der Waals surface area (Å²) in [6, 6.07) is -0.963. The first-order chi connectivity index (χ1) is 13.6. The fourth-order valence-electron chi connectivity index (χ4n) is 4.54. The van der Waals surface area contributed by atoms with Crippen molar-refractivity contribution in [3.63, 3.8) is 0 Å². The van der Waals surface area contributed by atoms with E-state index >= 15 is 4.39 Å². The number of H-pyrrole nitrogens is 1. The van der Waals surface area contributed by atoms with E-state index in [1.807, 2.05) is 0 Å². The van der Waals surface area contributed by atoms with Crippen LogP contribution in [0.4, 0.5) is 17.6 Å². The van der Waals surface area contributed by atoms with Crippen molar-refractivity contribution in [2.45, 2.75) is 50.5 Å². The average molecular weight is 418 g/mol. The summed E-state index contributed by atoms with van der Waals surface area (Å²) >= 11 is 0. The molecule has 0 aromatic carbocycles. The summed E-state index contributed by atoms with van der Waals surface area (Å²) in [5.41, 5.74) is 4.85. The van der Waals surface area contributed by atoms with Crippen molar-refractivity contribution in [3.8, 4) is 0 Å². The molecule has 4 rings (SSSR count). The number of fused-ring (bicyclic) bond motifs is 1. The Hall–Kier alpha value is -1.98. The van der Waals surface area contributed by atoms with Gasteiger partial charge in [0.15, 0.2) is 0 Å². The molecule has 29 heavy (non-hydrogen) atoms. The predicted octanol–water partition coefficient (Wildman–Crippen LogP) is -0.662. The molecule has 0 spiro atoms. The molecule has 0 bridgehead atoms. The van der Waals surface area contributed by atoms with E-state index in [2.05, 4.69) is 9.72 Å². The number of aromatic amines is 1. The molecule has 2 heterocycles. The number of alkyl halides is 4. The average Bonchev–Trinajstić information content (AvgIpc) is 3.36. The van der Waals surface area contributed by atoms with Gasteiger partial charge in [-0.3, -0.25) is 24.0 Å². The van der Waals surface area contributed by atoms with Gasteiger partial charge >= 0.3 is 12.1 Å². The zero-order valence-electron chi connectivity index (χ0n) is 15.7. The van der Waals surface area contributed by atoms with Crippen LogP contribution in [0, 0.1) is 5.92 Å². The number of hydrogen-bond donors (Lipinski definition) is 2. The van der Waals surface area contributed by atoms with Crippen molar-refractivity contribution >= 4 is 11.6 Å². The summed E-state index contributed by atoms with van der Waals surface area (Å²) in [5.74, 6) is -0.608. The van der Waals surface area contributed by atoms with E-state index < -0.39 is 41.8 Å². The van der Waals surface area contributed by atoms with Gasteiger partial charge in [0.2, 0.25) is 0 Å². The molecule has 2 aliphatic carbocycles. The van der Waals surface area contributed by atoms with Crippen LogP contribution >= 0.6 is 0 Å². The normalized spacial score (nSPS) is 30.3.